The lowest BCUT2D eigenvalue weighted by Gasteiger charge is -2.23. The molecule has 0 N–H and O–H groups in total. The van der Waals surface area contributed by atoms with Crippen molar-refractivity contribution >= 4 is 44.8 Å². The third-order valence-electron chi connectivity index (χ3n) is 2.65. The van der Waals surface area contributed by atoms with E-state index in [9.17, 15) is 4.79 Å². The molecule has 0 bridgehead atoms. The molecule has 1 amide bonds. The summed E-state index contributed by atoms with van der Waals surface area (Å²) in [5.74, 6) is 0.187. The second-order valence-electron chi connectivity index (χ2n) is 3.61. The van der Waals surface area contributed by atoms with Crippen molar-refractivity contribution in [2.24, 2.45) is 0 Å². The van der Waals surface area contributed by atoms with Crippen LogP contribution in [0.2, 0.25) is 4.34 Å². The summed E-state index contributed by atoms with van der Waals surface area (Å²) in [6.07, 6.45) is 0.891. The normalized spacial score (nSPS) is 23.5. The molecular formula is C10H11BrClNOS. The van der Waals surface area contributed by atoms with Crippen LogP contribution in [-0.4, -0.2) is 22.2 Å². The average Bonchev–Trinajstić information content (AvgIpc) is 2.75. The van der Waals surface area contributed by atoms with E-state index in [2.05, 4.69) is 15.9 Å². The van der Waals surface area contributed by atoms with Crippen molar-refractivity contribution in [3.63, 3.8) is 0 Å². The van der Waals surface area contributed by atoms with Gasteiger partial charge in [0.25, 0.3) is 0 Å². The van der Waals surface area contributed by atoms with E-state index in [4.69, 9.17) is 11.6 Å². The van der Waals surface area contributed by atoms with E-state index in [1.54, 1.807) is 11.3 Å². The molecule has 15 heavy (non-hydrogen) atoms. The van der Waals surface area contributed by atoms with Crippen LogP contribution in [-0.2, 0) is 4.79 Å². The lowest BCUT2D eigenvalue weighted by molar-refractivity contribution is -0.128. The van der Waals surface area contributed by atoms with Gasteiger partial charge in [-0.25, -0.2) is 0 Å². The Hall–Kier alpha value is -0.0600. The van der Waals surface area contributed by atoms with Crippen LogP contribution in [0.25, 0.3) is 0 Å². The lowest BCUT2D eigenvalue weighted by Crippen LogP contribution is -2.29. The number of amides is 1. The monoisotopic (exact) mass is 307 g/mol. The molecule has 2 nitrogen and oxygen atoms in total. The molecule has 1 fully saturated rings. The largest absolute Gasteiger partial charge is 0.334 e. The van der Waals surface area contributed by atoms with Gasteiger partial charge < -0.3 is 4.90 Å². The Balaban J connectivity index is 2.15. The summed E-state index contributed by atoms with van der Waals surface area (Å²) in [5, 5.41) is 0. The zero-order valence-electron chi connectivity index (χ0n) is 8.24. The molecule has 1 aromatic rings. The fourth-order valence-electron chi connectivity index (χ4n) is 1.76. The van der Waals surface area contributed by atoms with Crippen molar-refractivity contribution in [3.8, 4) is 0 Å². The number of likely N-dealkylation sites (tertiary alicyclic amines) is 1. The maximum absolute atomic E-state index is 11.8. The highest BCUT2D eigenvalue weighted by Gasteiger charge is 2.33. The topological polar surface area (TPSA) is 20.3 Å². The number of rotatable bonds is 2. The Morgan fingerprint density at radius 2 is 2.40 bits per heavy atom. The Labute approximate surface area is 106 Å². The number of nitrogens with zero attached hydrogens (tertiary/aromatic N) is 1. The third-order valence-corrected chi connectivity index (χ3v) is 4.90. The summed E-state index contributed by atoms with van der Waals surface area (Å²) in [6, 6.07) is 4.01. The fourth-order valence-corrected chi connectivity index (χ4v) is 3.35. The summed E-state index contributed by atoms with van der Waals surface area (Å²) in [6.45, 7) is 2.87. The molecule has 82 valence electrons. The summed E-state index contributed by atoms with van der Waals surface area (Å²) in [5.41, 5.74) is 0. The molecule has 1 aliphatic heterocycles. The minimum atomic E-state index is -0.00427. The molecular weight excluding hydrogens is 298 g/mol. The summed E-state index contributed by atoms with van der Waals surface area (Å²) in [7, 11) is 0. The van der Waals surface area contributed by atoms with Crippen LogP contribution >= 0.6 is 38.9 Å². The Kier molecular flexibility index (Phi) is 3.38. The van der Waals surface area contributed by atoms with Crippen LogP contribution in [0, 0.1) is 0 Å². The van der Waals surface area contributed by atoms with Gasteiger partial charge in [0.2, 0.25) is 5.91 Å². The van der Waals surface area contributed by atoms with Gasteiger partial charge in [-0.3, -0.25) is 4.79 Å². The highest BCUT2D eigenvalue weighted by molar-refractivity contribution is 9.10. The van der Waals surface area contributed by atoms with Gasteiger partial charge >= 0.3 is 0 Å². The number of carbonyl (C=O) groups excluding carboxylic acids is 1. The molecule has 0 saturated carbocycles. The first-order valence-corrected chi connectivity index (χ1v) is 6.90. The smallest absolute Gasteiger partial charge is 0.236 e. The average molecular weight is 309 g/mol. The second-order valence-corrected chi connectivity index (χ2v) is 6.46. The van der Waals surface area contributed by atoms with E-state index in [0.717, 1.165) is 22.2 Å². The Bertz CT molecular complexity index is 381. The van der Waals surface area contributed by atoms with Crippen molar-refractivity contribution in [2.45, 2.75) is 24.2 Å². The number of hydrogen-bond acceptors (Lipinski definition) is 2. The van der Waals surface area contributed by atoms with Gasteiger partial charge in [-0.1, -0.05) is 27.5 Å². The zero-order valence-corrected chi connectivity index (χ0v) is 11.4. The quantitative estimate of drug-likeness (QED) is 0.766. The standard InChI is InChI=1S/C10H11BrClNOS/c1-6(8-2-3-9(12)15-8)13-5-4-7(11)10(13)14/h2-3,6-7H,4-5H2,1H3. The second kappa shape index (κ2) is 4.44. The Morgan fingerprint density at radius 3 is 2.87 bits per heavy atom. The molecule has 2 rings (SSSR count). The molecule has 0 spiro atoms. The molecule has 2 heterocycles. The van der Waals surface area contributed by atoms with Crippen molar-refractivity contribution in [2.75, 3.05) is 6.54 Å². The SMILES string of the molecule is CC(c1ccc(Cl)s1)N1CCC(Br)C1=O. The molecule has 5 heteroatoms. The van der Waals surface area contributed by atoms with Crippen LogP contribution < -0.4 is 0 Å². The molecule has 0 aliphatic carbocycles. The van der Waals surface area contributed by atoms with Gasteiger partial charge in [-0.15, -0.1) is 11.3 Å². The first kappa shape index (κ1) is 11.4. The van der Waals surface area contributed by atoms with E-state index >= 15 is 0 Å². The highest BCUT2D eigenvalue weighted by Crippen LogP contribution is 2.33. The number of carbonyl (C=O) groups is 1. The third kappa shape index (κ3) is 2.22. The van der Waals surface area contributed by atoms with Gasteiger partial charge in [-0.05, 0) is 25.5 Å². The van der Waals surface area contributed by atoms with Crippen molar-refractivity contribution < 1.29 is 4.79 Å². The van der Waals surface area contributed by atoms with E-state index in [-0.39, 0.29) is 16.8 Å². The fraction of sp³-hybridized carbons (Fsp3) is 0.500. The predicted molar refractivity (Wildman–Crippen MR) is 66.8 cm³/mol. The minimum Gasteiger partial charge on any atom is -0.334 e. The van der Waals surface area contributed by atoms with Crippen LogP contribution in [0.5, 0.6) is 0 Å². The molecule has 1 aromatic heterocycles. The van der Waals surface area contributed by atoms with E-state index in [0.29, 0.717) is 0 Å². The number of alkyl halides is 1. The van der Waals surface area contributed by atoms with Gasteiger partial charge in [-0.2, -0.15) is 0 Å². The maximum atomic E-state index is 11.8. The number of halogens is 2. The maximum Gasteiger partial charge on any atom is 0.236 e. The van der Waals surface area contributed by atoms with Gasteiger partial charge in [0, 0.05) is 11.4 Å². The molecule has 0 radical (unpaired) electrons. The zero-order chi connectivity index (χ0) is 11.0. The van der Waals surface area contributed by atoms with Crippen LogP contribution in [0.1, 0.15) is 24.3 Å². The van der Waals surface area contributed by atoms with Crippen LogP contribution in [0.15, 0.2) is 12.1 Å². The van der Waals surface area contributed by atoms with Crippen LogP contribution in [0.3, 0.4) is 0 Å². The Morgan fingerprint density at radius 1 is 1.67 bits per heavy atom. The van der Waals surface area contributed by atoms with Crippen molar-refractivity contribution in [1.82, 2.24) is 4.90 Å². The molecule has 1 aliphatic rings. The van der Waals surface area contributed by atoms with E-state index in [1.807, 2.05) is 24.0 Å². The number of hydrogen-bond donors (Lipinski definition) is 0. The summed E-state index contributed by atoms with van der Waals surface area (Å²) >= 11 is 10.8. The lowest BCUT2D eigenvalue weighted by atomic mass is 10.2. The molecule has 1 saturated heterocycles. The first-order chi connectivity index (χ1) is 7.09. The van der Waals surface area contributed by atoms with Crippen molar-refractivity contribution in [1.29, 1.82) is 0 Å². The molecule has 0 aromatic carbocycles. The van der Waals surface area contributed by atoms with Gasteiger partial charge in [0.05, 0.1) is 15.2 Å². The van der Waals surface area contributed by atoms with Crippen LogP contribution in [0.4, 0.5) is 0 Å². The van der Waals surface area contributed by atoms with E-state index in [1.165, 1.54) is 0 Å². The summed E-state index contributed by atoms with van der Waals surface area (Å²) in [4.78, 5) is 14.8. The minimum absolute atomic E-state index is 0.00427. The van der Waals surface area contributed by atoms with Gasteiger partial charge in [0.1, 0.15) is 0 Å². The molecule has 2 atom stereocenters. The van der Waals surface area contributed by atoms with Gasteiger partial charge in [0.15, 0.2) is 0 Å². The first-order valence-electron chi connectivity index (χ1n) is 4.79. The van der Waals surface area contributed by atoms with Crippen molar-refractivity contribution in [3.05, 3.63) is 21.3 Å². The number of thiophene rings is 1. The predicted octanol–water partition coefficient (Wildman–Crippen LogP) is 3.46. The van der Waals surface area contributed by atoms with E-state index < -0.39 is 0 Å². The molecule has 2 unspecified atom stereocenters. The summed E-state index contributed by atoms with van der Waals surface area (Å²) < 4.78 is 0.777. The highest BCUT2D eigenvalue weighted by atomic mass is 79.9.